The maximum Gasteiger partial charge on any atom is 0.309 e. The molecule has 0 aromatic carbocycles. The number of esters is 1. The van der Waals surface area contributed by atoms with Gasteiger partial charge in [-0.05, 0) is 19.1 Å². The van der Waals surface area contributed by atoms with Crippen molar-refractivity contribution >= 4 is 17.7 Å². The Kier molecular flexibility index (Phi) is 5.83. The maximum atomic E-state index is 11.3. The van der Waals surface area contributed by atoms with Gasteiger partial charge < -0.3 is 9.47 Å². The van der Waals surface area contributed by atoms with Crippen LogP contribution in [0, 0.1) is 5.92 Å². The second kappa shape index (κ2) is 7.17. The van der Waals surface area contributed by atoms with Crippen molar-refractivity contribution in [2.24, 2.45) is 5.92 Å². The minimum Gasteiger partial charge on any atom is -0.491 e. The molecule has 0 aliphatic carbocycles. The summed E-state index contributed by atoms with van der Waals surface area (Å²) in [7, 11) is 1.40. The minimum atomic E-state index is -0.202. The molecule has 0 amide bonds. The van der Waals surface area contributed by atoms with Crippen molar-refractivity contribution in [1.82, 2.24) is 4.98 Å². The lowest BCUT2D eigenvalue weighted by Crippen LogP contribution is -2.14. The number of carbonyl (C=O) groups is 1. The van der Waals surface area contributed by atoms with Crippen LogP contribution in [0.5, 0.6) is 5.75 Å². The van der Waals surface area contributed by atoms with Crippen molar-refractivity contribution < 1.29 is 14.3 Å². The largest absolute Gasteiger partial charge is 0.491 e. The van der Waals surface area contributed by atoms with Crippen LogP contribution in [-0.2, 0) is 9.53 Å². The molecule has 0 aliphatic rings. The SMILES string of the molecule is CCOc1cccnc1SCC(C)C(=O)OC. The van der Waals surface area contributed by atoms with E-state index in [2.05, 4.69) is 9.72 Å². The molecule has 4 nitrogen and oxygen atoms in total. The van der Waals surface area contributed by atoms with E-state index in [9.17, 15) is 4.79 Å². The highest BCUT2D eigenvalue weighted by Crippen LogP contribution is 2.28. The first kappa shape index (κ1) is 13.8. The van der Waals surface area contributed by atoms with E-state index in [4.69, 9.17) is 4.74 Å². The summed E-state index contributed by atoms with van der Waals surface area (Å²) in [5, 5.41) is 0.810. The van der Waals surface area contributed by atoms with E-state index in [-0.39, 0.29) is 11.9 Å². The Morgan fingerprint density at radius 2 is 2.35 bits per heavy atom. The zero-order valence-electron chi connectivity index (χ0n) is 10.3. The van der Waals surface area contributed by atoms with Gasteiger partial charge in [0.05, 0.1) is 19.6 Å². The third-order valence-corrected chi connectivity index (χ3v) is 3.36. The van der Waals surface area contributed by atoms with Crippen molar-refractivity contribution in [3.63, 3.8) is 0 Å². The third kappa shape index (κ3) is 4.26. The molecule has 1 atom stereocenters. The zero-order chi connectivity index (χ0) is 12.7. The molecule has 1 unspecified atom stereocenters. The maximum absolute atomic E-state index is 11.3. The second-order valence-corrected chi connectivity index (χ2v) is 4.48. The van der Waals surface area contributed by atoms with Crippen LogP contribution in [0.3, 0.4) is 0 Å². The topological polar surface area (TPSA) is 48.4 Å². The lowest BCUT2D eigenvalue weighted by Gasteiger charge is -2.10. The van der Waals surface area contributed by atoms with Crippen LogP contribution in [0.2, 0.25) is 0 Å². The fourth-order valence-corrected chi connectivity index (χ4v) is 2.17. The van der Waals surface area contributed by atoms with Crippen molar-refractivity contribution in [3.05, 3.63) is 18.3 Å². The Bertz CT molecular complexity index is 371. The summed E-state index contributed by atoms with van der Waals surface area (Å²) in [6.45, 7) is 4.37. The first-order valence-corrected chi connectivity index (χ1v) is 6.46. The van der Waals surface area contributed by atoms with Crippen LogP contribution in [0.1, 0.15) is 13.8 Å². The molecular weight excluding hydrogens is 238 g/mol. The fourth-order valence-electron chi connectivity index (χ4n) is 1.22. The molecule has 5 heteroatoms. The van der Waals surface area contributed by atoms with E-state index in [0.717, 1.165) is 10.8 Å². The average molecular weight is 255 g/mol. The Labute approximate surface area is 106 Å². The van der Waals surface area contributed by atoms with Crippen molar-refractivity contribution in [1.29, 1.82) is 0 Å². The highest BCUT2D eigenvalue weighted by atomic mass is 32.2. The third-order valence-electron chi connectivity index (χ3n) is 2.11. The van der Waals surface area contributed by atoms with Crippen LogP contribution < -0.4 is 4.74 Å². The van der Waals surface area contributed by atoms with Gasteiger partial charge in [0.1, 0.15) is 5.03 Å². The summed E-state index contributed by atoms with van der Waals surface area (Å²) >= 11 is 1.50. The Hall–Kier alpha value is -1.23. The highest BCUT2D eigenvalue weighted by molar-refractivity contribution is 7.99. The molecule has 17 heavy (non-hydrogen) atoms. The number of nitrogens with zero attached hydrogens (tertiary/aromatic N) is 1. The van der Waals surface area contributed by atoms with Gasteiger partial charge in [-0.15, -0.1) is 11.8 Å². The molecule has 0 aliphatic heterocycles. The molecule has 1 aromatic rings. The van der Waals surface area contributed by atoms with Gasteiger partial charge in [0.2, 0.25) is 0 Å². The van der Waals surface area contributed by atoms with E-state index >= 15 is 0 Å². The monoisotopic (exact) mass is 255 g/mol. The summed E-state index contributed by atoms with van der Waals surface area (Å²) in [6.07, 6.45) is 1.72. The van der Waals surface area contributed by atoms with Crippen LogP contribution in [-0.4, -0.2) is 30.4 Å². The summed E-state index contributed by atoms with van der Waals surface area (Å²) in [6, 6.07) is 3.71. The lowest BCUT2D eigenvalue weighted by molar-refractivity contribution is -0.143. The standard InChI is InChI=1S/C12H17NO3S/c1-4-16-10-6-5-7-13-11(10)17-8-9(2)12(14)15-3/h5-7,9H,4,8H2,1-3H3. The number of pyridine rings is 1. The Balaban J connectivity index is 2.59. The average Bonchev–Trinajstić information content (AvgIpc) is 2.36. The number of hydrogen-bond acceptors (Lipinski definition) is 5. The molecule has 0 saturated carbocycles. The smallest absolute Gasteiger partial charge is 0.309 e. The lowest BCUT2D eigenvalue weighted by atomic mass is 10.2. The summed E-state index contributed by atoms with van der Waals surface area (Å²) in [4.78, 5) is 15.5. The fraction of sp³-hybridized carbons (Fsp3) is 0.500. The van der Waals surface area contributed by atoms with Crippen molar-refractivity contribution in [3.8, 4) is 5.75 Å². The number of aromatic nitrogens is 1. The highest BCUT2D eigenvalue weighted by Gasteiger charge is 2.15. The summed E-state index contributed by atoms with van der Waals surface area (Å²) < 4.78 is 10.1. The molecule has 0 radical (unpaired) electrons. The van der Waals surface area contributed by atoms with E-state index < -0.39 is 0 Å². The number of carbonyl (C=O) groups excluding carboxylic acids is 1. The normalized spacial score (nSPS) is 11.9. The van der Waals surface area contributed by atoms with Gasteiger partial charge in [-0.3, -0.25) is 4.79 Å². The predicted octanol–water partition coefficient (Wildman–Crippen LogP) is 2.38. The van der Waals surface area contributed by atoms with Gasteiger partial charge in [-0.25, -0.2) is 4.98 Å². The summed E-state index contributed by atoms with van der Waals surface area (Å²) in [5.74, 6) is 1.04. The van der Waals surface area contributed by atoms with Crippen molar-refractivity contribution in [2.45, 2.75) is 18.9 Å². The molecule has 0 N–H and O–H groups in total. The van der Waals surface area contributed by atoms with E-state index in [1.54, 1.807) is 6.20 Å². The molecule has 1 rings (SSSR count). The van der Waals surface area contributed by atoms with Gasteiger partial charge in [0, 0.05) is 11.9 Å². The molecule has 0 saturated heterocycles. The zero-order valence-corrected chi connectivity index (χ0v) is 11.1. The van der Waals surface area contributed by atoms with Crippen LogP contribution in [0.4, 0.5) is 0 Å². The van der Waals surface area contributed by atoms with Crippen molar-refractivity contribution in [2.75, 3.05) is 19.5 Å². The van der Waals surface area contributed by atoms with Crippen LogP contribution in [0.25, 0.3) is 0 Å². The Morgan fingerprint density at radius 3 is 3.00 bits per heavy atom. The van der Waals surface area contributed by atoms with E-state index in [1.165, 1.54) is 18.9 Å². The predicted molar refractivity (Wildman–Crippen MR) is 67.3 cm³/mol. The minimum absolute atomic E-state index is 0.151. The van der Waals surface area contributed by atoms with E-state index in [1.807, 2.05) is 26.0 Å². The van der Waals surface area contributed by atoms with Gasteiger partial charge in [0.15, 0.2) is 5.75 Å². The first-order chi connectivity index (χ1) is 8.19. The number of ether oxygens (including phenoxy) is 2. The molecule has 1 aromatic heterocycles. The summed E-state index contributed by atoms with van der Waals surface area (Å²) in [5.41, 5.74) is 0. The number of rotatable bonds is 6. The van der Waals surface area contributed by atoms with Gasteiger partial charge >= 0.3 is 5.97 Å². The molecule has 94 valence electrons. The Morgan fingerprint density at radius 1 is 1.59 bits per heavy atom. The van der Waals surface area contributed by atoms with Crippen LogP contribution >= 0.6 is 11.8 Å². The van der Waals surface area contributed by atoms with Gasteiger partial charge in [-0.1, -0.05) is 6.92 Å². The van der Waals surface area contributed by atoms with E-state index in [0.29, 0.717) is 12.4 Å². The number of thioether (sulfide) groups is 1. The van der Waals surface area contributed by atoms with Crippen LogP contribution in [0.15, 0.2) is 23.4 Å². The molecule has 0 fully saturated rings. The molecule has 1 heterocycles. The van der Waals surface area contributed by atoms with Gasteiger partial charge in [-0.2, -0.15) is 0 Å². The molecule has 0 spiro atoms. The van der Waals surface area contributed by atoms with Gasteiger partial charge in [0.25, 0.3) is 0 Å². The second-order valence-electron chi connectivity index (χ2n) is 3.47. The quantitative estimate of drug-likeness (QED) is 0.577. The molecule has 0 bridgehead atoms. The first-order valence-electron chi connectivity index (χ1n) is 5.47. The number of hydrogen-bond donors (Lipinski definition) is 0. The molecular formula is C12H17NO3S. The number of methoxy groups -OCH3 is 1.